The van der Waals surface area contributed by atoms with E-state index in [-0.39, 0.29) is 17.9 Å². The Labute approximate surface area is 204 Å². The van der Waals surface area contributed by atoms with Gasteiger partial charge in [-0.25, -0.2) is 9.67 Å². The Balaban J connectivity index is 1.40. The summed E-state index contributed by atoms with van der Waals surface area (Å²) in [6.45, 7) is 2.67. The van der Waals surface area contributed by atoms with E-state index in [0.29, 0.717) is 30.0 Å². The molecule has 1 fully saturated rings. The van der Waals surface area contributed by atoms with Crippen molar-refractivity contribution in [3.05, 3.63) is 62.8 Å². The molecule has 0 unspecified atom stereocenters. The molecule has 0 spiro atoms. The van der Waals surface area contributed by atoms with Crippen LogP contribution in [0.1, 0.15) is 34.3 Å². The first-order valence-corrected chi connectivity index (χ1v) is 13.3. The van der Waals surface area contributed by atoms with Gasteiger partial charge in [-0.1, -0.05) is 29.5 Å². The average Bonchev–Trinajstić information content (AvgIpc) is 3.57. The largest absolute Gasteiger partial charge is 0.378 e. The van der Waals surface area contributed by atoms with Crippen LogP contribution in [-0.4, -0.2) is 46.9 Å². The molecule has 1 saturated heterocycles. The second-order valence-corrected chi connectivity index (χ2v) is 10.6. The maximum atomic E-state index is 13.4. The summed E-state index contributed by atoms with van der Waals surface area (Å²) in [6.07, 6.45) is 4.43. The summed E-state index contributed by atoms with van der Waals surface area (Å²) in [7, 11) is 0. The van der Waals surface area contributed by atoms with Crippen LogP contribution in [0.3, 0.4) is 0 Å². The molecule has 9 heteroatoms. The van der Waals surface area contributed by atoms with Crippen molar-refractivity contribution in [2.75, 3.05) is 31.2 Å². The van der Waals surface area contributed by atoms with Gasteiger partial charge in [-0.15, -0.1) is 11.3 Å². The van der Waals surface area contributed by atoms with Crippen molar-refractivity contribution in [2.45, 2.75) is 32.2 Å². The predicted octanol–water partition coefficient (Wildman–Crippen LogP) is 4.18. The number of anilines is 1. The summed E-state index contributed by atoms with van der Waals surface area (Å²) in [5.41, 5.74) is 3.99. The van der Waals surface area contributed by atoms with Crippen LogP contribution in [0, 0.1) is 0 Å². The lowest BCUT2D eigenvalue weighted by Crippen LogP contribution is -2.36. The molecule has 34 heavy (non-hydrogen) atoms. The Morgan fingerprint density at radius 3 is 2.71 bits per heavy atom. The number of ketones is 1. The van der Waals surface area contributed by atoms with Gasteiger partial charge in [0.25, 0.3) is 5.56 Å². The number of hydrogen-bond acceptors (Lipinski definition) is 8. The Bertz CT molecular complexity index is 1420. The van der Waals surface area contributed by atoms with Crippen molar-refractivity contribution in [1.82, 2.24) is 14.8 Å². The summed E-state index contributed by atoms with van der Waals surface area (Å²) < 4.78 is 7.53. The molecular formula is C25H24N4O3S2. The lowest BCUT2D eigenvalue weighted by atomic mass is 9.90. The SMILES string of the molecule is O=C(Cn1nc(-c2cccs2)c2sc(N3CCOCC3)nc2c1=O)c1ccc2c(c1)CCCC2. The fraction of sp³-hybridized carbons (Fsp3) is 0.360. The quantitative estimate of drug-likeness (QED) is 0.389. The number of rotatable bonds is 5. The highest BCUT2D eigenvalue weighted by atomic mass is 32.1. The van der Waals surface area contributed by atoms with Gasteiger partial charge in [0, 0.05) is 18.7 Å². The highest BCUT2D eigenvalue weighted by molar-refractivity contribution is 7.23. The van der Waals surface area contributed by atoms with Gasteiger partial charge in [-0.3, -0.25) is 9.59 Å². The van der Waals surface area contributed by atoms with Gasteiger partial charge in [-0.2, -0.15) is 5.10 Å². The van der Waals surface area contributed by atoms with Crippen molar-refractivity contribution < 1.29 is 9.53 Å². The summed E-state index contributed by atoms with van der Waals surface area (Å²) in [6, 6.07) is 9.90. The minimum Gasteiger partial charge on any atom is -0.378 e. The molecule has 6 rings (SSSR count). The highest BCUT2D eigenvalue weighted by Crippen LogP contribution is 2.35. The minimum absolute atomic E-state index is 0.101. The van der Waals surface area contributed by atoms with Crippen LogP contribution in [0.4, 0.5) is 5.13 Å². The standard InChI is InChI=1S/C25H24N4O3S2/c30-19(18-8-7-16-4-1-2-5-17(16)14-18)15-29-24(31)22-23(21(27-29)20-6-3-13-33-20)34-25(26-22)28-9-11-32-12-10-28/h3,6-8,13-14H,1-2,4-5,9-12,15H2. The molecule has 0 saturated carbocycles. The Hall–Kier alpha value is -2.88. The molecule has 0 N–H and O–H groups in total. The molecule has 1 aromatic carbocycles. The topological polar surface area (TPSA) is 77.3 Å². The number of aromatic nitrogens is 3. The number of Topliss-reactive ketones (excluding diaryl/α,β-unsaturated/α-hetero) is 1. The fourth-order valence-electron chi connectivity index (χ4n) is 4.65. The third-order valence-corrected chi connectivity index (χ3v) is 8.49. The van der Waals surface area contributed by atoms with Gasteiger partial charge in [0.15, 0.2) is 16.4 Å². The molecule has 0 radical (unpaired) electrons. The Kier molecular flexibility index (Phi) is 5.76. The summed E-state index contributed by atoms with van der Waals surface area (Å²) in [4.78, 5) is 34.4. The third kappa shape index (κ3) is 3.97. The lowest BCUT2D eigenvalue weighted by Gasteiger charge is -2.25. The zero-order valence-corrected chi connectivity index (χ0v) is 20.3. The zero-order chi connectivity index (χ0) is 23.1. The minimum atomic E-state index is -0.322. The number of morpholine rings is 1. The van der Waals surface area contributed by atoms with Crippen molar-refractivity contribution in [3.63, 3.8) is 0 Å². The van der Waals surface area contributed by atoms with E-state index >= 15 is 0 Å². The summed E-state index contributed by atoms with van der Waals surface area (Å²) >= 11 is 3.05. The van der Waals surface area contributed by atoms with E-state index in [1.54, 1.807) is 11.3 Å². The molecule has 174 valence electrons. The van der Waals surface area contributed by atoms with Gasteiger partial charge in [0.05, 0.1) is 22.8 Å². The maximum Gasteiger partial charge on any atom is 0.294 e. The van der Waals surface area contributed by atoms with Gasteiger partial charge < -0.3 is 9.64 Å². The molecule has 7 nitrogen and oxygen atoms in total. The van der Waals surface area contributed by atoms with E-state index in [9.17, 15) is 9.59 Å². The van der Waals surface area contributed by atoms with E-state index < -0.39 is 0 Å². The van der Waals surface area contributed by atoms with E-state index in [1.165, 1.54) is 33.6 Å². The van der Waals surface area contributed by atoms with Crippen LogP contribution in [0.5, 0.6) is 0 Å². The first-order chi connectivity index (χ1) is 16.7. The van der Waals surface area contributed by atoms with E-state index in [1.807, 2.05) is 29.6 Å². The highest BCUT2D eigenvalue weighted by Gasteiger charge is 2.23. The number of thiazole rings is 1. The number of carbonyl (C=O) groups excluding carboxylic acids is 1. The van der Waals surface area contributed by atoms with Crippen LogP contribution >= 0.6 is 22.7 Å². The average molecular weight is 493 g/mol. The number of ether oxygens (including phenoxy) is 1. The summed E-state index contributed by atoms with van der Waals surface area (Å²) in [5, 5.41) is 7.46. The maximum absolute atomic E-state index is 13.4. The second-order valence-electron chi connectivity index (χ2n) is 8.68. The molecule has 3 aromatic heterocycles. The van der Waals surface area contributed by atoms with Gasteiger partial charge in [0.2, 0.25) is 0 Å². The molecule has 2 aliphatic rings. The molecule has 0 atom stereocenters. The Morgan fingerprint density at radius 1 is 1.09 bits per heavy atom. The van der Waals surface area contributed by atoms with Crippen molar-refractivity contribution in [1.29, 1.82) is 0 Å². The van der Waals surface area contributed by atoms with Crippen LogP contribution < -0.4 is 10.5 Å². The van der Waals surface area contributed by atoms with E-state index in [0.717, 1.165) is 47.1 Å². The molecular weight excluding hydrogens is 468 g/mol. The molecule has 1 aliphatic carbocycles. The Morgan fingerprint density at radius 2 is 1.91 bits per heavy atom. The molecule has 0 amide bonds. The third-order valence-electron chi connectivity index (χ3n) is 6.49. The number of carbonyl (C=O) groups is 1. The van der Waals surface area contributed by atoms with Crippen LogP contribution in [0.15, 0.2) is 40.5 Å². The second kappa shape index (κ2) is 9.05. The van der Waals surface area contributed by atoms with Crippen LogP contribution in [0.2, 0.25) is 0 Å². The monoisotopic (exact) mass is 492 g/mol. The van der Waals surface area contributed by atoms with Crippen molar-refractivity contribution >= 4 is 43.8 Å². The molecule has 4 aromatic rings. The van der Waals surface area contributed by atoms with Gasteiger partial charge >= 0.3 is 0 Å². The number of nitrogens with zero attached hydrogens (tertiary/aromatic N) is 4. The molecule has 0 bridgehead atoms. The normalized spacial score (nSPS) is 16.1. The zero-order valence-electron chi connectivity index (χ0n) is 18.7. The number of hydrogen-bond donors (Lipinski definition) is 0. The smallest absolute Gasteiger partial charge is 0.294 e. The number of aryl methyl sites for hydroxylation is 2. The van der Waals surface area contributed by atoms with Gasteiger partial charge in [-0.05, 0) is 54.3 Å². The first kappa shape index (κ1) is 21.6. The molecule has 1 aliphatic heterocycles. The fourth-order valence-corrected chi connectivity index (χ4v) is 6.54. The van der Waals surface area contributed by atoms with Crippen molar-refractivity contribution in [3.8, 4) is 10.6 Å². The number of fused-ring (bicyclic) bond motifs is 2. The number of benzene rings is 1. The van der Waals surface area contributed by atoms with E-state index in [2.05, 4.69) is 16.1 Å². The van der Waals surface area contributed by atoms with Gasteiger partial charge in [0.1, 0.15) is 12.2 Å². The van der Waals surface area contributed by atoms with Crippen LogP contribution in [0.25, 0.3) is 20.8 Å². The van der Waals surface area contributed by atoms with E-state index in [4.69, 9.17) is 9.72 Å². The first-order valence-electron chi connectivity index (χ1n) is 11.6. The molecule has 4 heterocycles. The predicted molar refractivity (Wildman–Crippen MR) is 135 cm³/mol. The number of thiophene rings is 1. The van der Waals surface area contributed by atoms with Crippen molar-refractivity contribution in [2.24, 2.45) is 0 Å². The lowest BCUT2D eigenvalue weighted by molar-refractivity contribution is 0.0966. The van der Waals surface area contributed by atoms with Crippen LogP contribution in [-0.2, 0) is 24.1 Å². The summed E-state index contributed by atoms with van der Waals surface area (Å²) in [5.74, 6) is -0.108.